The van der Waals surface area contributed by atoms with Crippen molar-refractivity contribution in [2.45, 2.75) is 195 Å². The van der Waals surface area contributed by atoms with Crippen LogP contribution >= 0.6 is 0 Å². The van der Waals surface area contributed by atoms with Crippen LogP contribution in [-0.4, -0.2) is 278 Å². The lowest BCUT2D eigenvalue weighted by atomic mass is 9.93. The number of aliphatic hydroxyl groups is 11. The average Bonchev–Trinajstić information content (AvgIpc) is 3.32. The first kappa shape index (κ1) is 60.9. The van der Waals surface area contributed by atoms with Crippen LogP contribution in [0.25, 0.3) is 0 Å². The van der Waals surface area contributed by atoms with Gasteiger partial charge >= 0.3 is 5.97 Å². The van der Waals surface area contributed by atoms with Gasteiger partial charge in [0.15, 0.2) is 31.5 Å². The Bertz CT molecular complexity index is 1910. The molecular formula is C42H69N5O27. The summed E-state index contributed by atoms with van der Waals surface area (Å²) in [4.78, 5) is 73.5. The Morgan fingerprint density at radius 1 is 0.365 bits per heavy atom. The molecule has 25 unspecified atom stereocenters. The Balaban J connectivity index is 1.40. The van der Waals surface area contributed by atoms with Gasteiger partial charge < -0.3 is 130 Å². The van der Waals surface area contributed by atoms with E-state index < -0.39 is 222 Å². The molecule has 0 aliphatic carbocycles. The van der Waals surface area contributed by atoms with E-state index in [-0.39, 0.29) is 0 Å². The first-order valence-corrected chi connectivity index (χ1v) is 23.4. The molecule has 0 spiro atoms. The van der Waals surface area contributed by atoms with Gasteiger partial charge in [-0.25, -0.2) is 0 Å². The number of carbonyl (C=O) groups is 6. The molecule has 0 radical (unpaired) electrons. The Labute approximate surface area is 421 Å². The summed E-state index contributed by atoms with van der Waals surface area (Å²) >= 11 is 0. The van der Waals surface area contributed by atoms with Crippen LogP contribution in [-0.2, 0) is 76.1 Å². The van der Waals surface area contributed by atoms with Crippen molar-refractivity contribution in [1.82, 2.24) is 26.6 Å². The van der Waals surface area contributed by atoms with Gasteiger partial charge in [-0.05, 0) is 0 Å². The molecule has 0 bridgehead atoms. The Morgan fingerprint density at radius 3 is 0.905 bits per heavy atom. The number of esters is 1. The number of carbonyl (C=O) groups excluding carboxylic acids is 6. The van der Waals surface area contributed by atoms with Gasteiger partial charge in [0.05, 0.1) is 26.4 Å². The van der Waals surface area contributed by atoms with Crippen molar-refractivity contribution in [2.75, 3.05) is 33.0 Å². The number of ether oxygens (including phenoxy) is 10. The highest BCUT2D eigenvalue weighted by molar-refractivity contribution is 5.75. The number of nitrogens with one attached hydrogen (secondary N) is 5. The minimum atomic E-state index is -2.02. The van der Waals surface area contributed by atoms with Crippen LogP contribution in [0.5, 0.6) is 0 Å². The lowest BCUT2D eigenvalue weighted by Crippen LogP contribution is -2.72. The molecule has 32 heteroatoms. The normalized spacial score (nSPS) is 42.5. The van der Waals surface area contributed by atoms with E-state index in [0.29, 0.717) is 0 Å². The van der Waals surface area contributed by atoms with Gasteiger partial charge in [0.25, 0.3) is 0 Å². The summed E-state index contributed by atoms with van der Waals surface area (Å²) in [5.74, 6) is -4.60. The molecule has 74 heavy (non-hydrogen) atoms. The summed E-state index contributed by atoms with van der Waals surface area (Å²) < 4.78 is 58.2. The smallest absolute Gasteiger partial charge is 0.302 e. The highest BCUT2D eigenvalue weighted by atomic mass is 16.8. The summed E-state index contributed by atoms with van der Waals surface area (Å²) in [6.45, 7) is 1.91. The van der Waals surface area contributed by atoms with Crippen molar-refractivity contribution in [3.8, 4) is 0 Å². The van der Waals surface area contributed by atoms with E-state index in [1.807, 2.05) is 0 Å². The minimum absolute atomic E-state index is 0.601. The van der Waals surface area contributed by atoms with E-state index in [0.717, 1.165) is 41.5 Å². The van der Waals surface area contributed by atoms with Crippen LogP contribution in [0.3, 0.4) is 0 Å². The monoisotopic (exact) mass is 1080 g/mol. The predicted molar refractivity (Wildman–Crippen MR) is 234 cm³/mol. The molecule has 0 aromatic carbocycles. The van der Waals surface area contributed by atoms with Gasteiger partial charge in [0, 0.05) is 41.5 Å². The summed E-state index contributed by atoms with van der Waals surface area (Å²) in [5.41, 5.74) is 0. The third-order valence-electron chi connectivity index (χ3n) is 12.6. The second kappa shape index (κ2) is 26.9. The number of rotatable bonds is 19. The standard InChI is InChI=1S/C42H69N5O27/c1-12(52)43-23-30(60)34(18(7-48)66-38(23)64)71-40-25(45-14(3)54)32(62)36(20(9-50)67-40)73-42-27(47-16(5)56)33(63)37(21(10-51)69-42)74-41-26(46-15(4)55)31(61)35(19(8-49)68-41)72-39-24(44-13(2)53)29(59)28(58)22(70-39)11-65-17(6)57/h18-42,48-51,58-64H,7-11H2,1-6H3,(H,43,52)(H,44,53)(H,45,54)(H,46,55)(H,47,56). The number of hydrogen-bond donors (Lipinski definition) is 16. The van der Waals surface area contributed by atoms with Gasteiger partial charge in [0.1, 0.15) is 128 Å². The summed E-state index contributed by atoms with van der Waals surface area (Å²) in [6.07, 6.45) is -35.4. The van der Waals surface area contributed by atoms with E-state index >= 15 is 0 Å². The fourth-order valence-electron chi connectivity index (χ4n) is 9.25. The van der Waals surface area contributed by atoms with E-state index in [4.69, 9.17) is 47.4 Å². The zero-order valence-corrected chi connectivity index (χ0v) is 40.9. The van der Waals surface area contributed by atoms with Gasteiger partial charge in [-0.1, -0.05) is 0 Å². The molecule has 0 aromatic heterocycles. The SMILES string of the molecule is CC(=O)NC1C(O)OC(CO)C(OC2OC(CO)C(OC3OC(CO)C(OC4OC(CO)C(OC5OC(COC(C)=O)C(O)C(O)C5NC(C)=O)C(O)C4NC(C)=O)C(O)C3NC(C)=O)C(O)C2NC(C)=O)C1O. The van der Waals surface area contributed by atoms with Crippen molar-refractivity contribution in [3.05, 3.63) is 0 Å². The number of amides is 5. The quantitative estimate of drug-likeness (QED) is 0.0534. The Kier molecular flexibility index (Phi) is 22.1. The second-order valence-corrected chi connectivity index (χ2v) is 18.2. The lowest BCUT2D eigenvalue weighted by molar-refractivity contribution is -0.367. The van der Waals surface area contributed by atoms with Gasteiger partial charge in [-0.2, -0.15) is 0 Å². The van der Waals surface area contributed by atoms with Crippen LogP contribution in [0.15, 0.2) is 0 Å². The molecule has 25 atom stereocenters. The predicted octanol–water partition coefficient (Wildman–Crippen LogP) is -10.6. The van der Waals surface area contributed by atoms with Gasteiger partial charge in [-0.3, -0.25) is 28.8 Å². The first-order valence-electron chi connectivity index (χ1n) is 23.4. The van der Waals surface area contributed by atoms with Crippen LogP contribution in [0.4, 0.5) is 0 Å². The van der Waals surface area contributed by atoms with Crippen molar-refractivity contribution >= 4 is 35.5 Å². The molecule has 0 aromatic rings. The Hall–Kier alpha value is -3.98. The topological polar surface area (TPSA) is 477 Å². The molecule has 5 heterocycles. The molecule has 5 aliphatic heterocycles. The van der Waals surface area contributed by atoms with Crippen molar-refractivity contribution in [2.24, 2.45) is 0 Å². The van der Waals surface area contributed by atoms with Crippen LogP contribution in [0.1, 0.15) is 41.5 Å². The molecule has 5 aliphatic rings. The lowest BCUT2D eigenvalue weighted by Gasteiger charge is -2.51. The molecule has 5 fully saturated rings. The van der Waals surface area contributed by atoms with E-state index in [2.05, 4.69) is 26.6 Å². The molecule has 32 nitrogen and oxygen atoms in total. The largest absolute Gasteiger partial charge is 0.463 e. The fraction of sp³-hybridized carbons (Fsp3) is 0.857. The minimum Gasteiger partial charge on any atom is -0.463 e. The second-order valence-electron chi connectivity index (χ2n) is 18.2. The molecule has 5 saturated heterocycles. The number of aliphatic hydroxyl groups excluding tert-OH is 11. The van der Waals surface area contributed by atoms with Crippen LogP contribution in [0.2, 0.25) is 0 Å². The zero-order valence-electron chi connectivity index (χ0n) is 40.9. The summed E-state index contributed by atoms with van der Waals surface area (Å²) in [5, 5.41) is 133. The summed E-state index contributed by atoms with van der Waals surface area (Å²) in [6, 6.07) is -8.16. The average molecular weight is 1080 g/mol. The molecule has 16 N–H and O–H groups in total. The Morgan fingerprint density at radius 2 is 0.622 bits per heavy atom. The van der Waals surface area contributed by atoms with E-state index in [9.17, 15) is 84.9 Å². The van der Waals surface area contributed by atoms with E-state index in [1.165, 1.54) is 0 Å². The summed E-state index contributed by atoms with van der Waals surface area (Å²) in [7, 11) is 0. The van der Waals surface area contributed by atoms with Gasteiger partial charge in [0.2, 0.25) is 29.5 Å². The van der Waals surface area contributed by atoms with Crippen molar-refractivity contribution in [3.63, 3.8) is 0 Å². The first-order chi connectivity index (χ1) is 34.8. The zero-order chi connectivity index (χ0) is 55.0. The third-order valence-corrected chi connectivity index (χ3v) is 12.6. The maximum Gasteiger partial charge on any atom is 0.302 e. The fourth-order valence-corrected chi connectivity index (χ4v) is 9.25. The van der Waals surface area contributed by atoms with Crippen LogP contribution < -0.4 is 26.6 Å². The molecular weight excluding hydrogens is 1010 g/mol. The van der Waals surface area contributed by atoms with Crippen LogP contribution in [0, 0.1) is 0 Å². The maximum absolute atomic E-state index is 12.7. The highest BCUT2D eigenvalue weighted by Gasteiger charge is 2.57. The number of hydrogen-bond acceptors (Lipinski definition) is 27. The third kappa shape index (κ3) is 14.5. The van der Waals surface area contributed by atoms with Crippen molar-refractivity contribution in [1.29, 1.82) is 0 Å². The maximum atomic E-state index is 12.7. The molecule has 5 amide bonds. The molecule has 5 rings (SSSR count). The molecule has 0 saturated carbocycles. The highest BCUT2D eigenvalue weighted by Crippen LogP contribution is 2.36. The van der Waals surface area contributed by atoms with Gasteiger partial charge in [-0.15, -0.1) is 0 Å². The van der Waals surface area contributed by atoms with E-state index in [1.54, 1.807) is 0 Å². The van der Waals surface area contributed by atoms with Crippen molar-refractivity contribution < 1.29 is 132 Å². The molecule has 424 valence electrons.